The Kier molecular flexibility index (Phi) is 5.62. The van der Waals surface area contributed by atoms with E-state index in [-0.39, 0.29) is 0 Å². The first-order valence-electron chi connectivity index (χ1n) is 6.75. The Balaban J connectivity index is 2.00. The van der Waals surface area contributed by atoms with Crippen LogP contribution in [0.2, 0.25) is 0 Å². The van der Waals surface area contributed by atoms with E-state index in [0.29, 0.717) is 6.04 Å². The molecule has 1 aromatic heterocycles. The van der Waals surface area contributed by atoms with Crippen molar-refractivity contribution in [1.82, 2.24) is 15.3 Å². The molecule has 1 aliphatic heterocycles. The highest BCUT2D eigenvalue weighted by atomic mass is 127. The summed E-state index contributed by atoms with van der Waals surface area (Å²) in [5, 5.41) is 3.55. The van der Waals surface area contributed by atoms with Gasteiger partial charge in [-0.1, -0.05) is 13.3 Å². The second kappa shape index (κ2) is 7.23. The largest absolute Gasteiger partial charge is 0.339 e. The number of halogens is 1. The Morgan fingerprint density at radius 2 is 2.22 bits per heavy atom. The van der Waals surface area contributed by atoms with Crippen molar-refractivity contribution in [3.05, 3.63) is 16.0 Å². The zero-order valence-corrected chi connectivity index (χ0v) is 13.1. The summed E-state index contributed by atoms with van der Waals surface area (Å²) in [4.78, 5) is 11.2. The molecule has 1 unspecified atom stereocenters. The van der Waals surface area contributed by atoms with Gasteiger partial charge in [0.1, 0.15) is 0 Å². The van der Waals surface area contributed by atoms with Gasteiger partial charge in [0.05, 0.1) is 0 Å². The highest BCUT2D eigenvalue weighted by molar-refractivity contribution is 14.1. The van der Waals surface area contributed by atoms with Crippen LogP contribution in [0.15, 0.2) is 12.4 Å². The van der Waals surface area contributed by atoms with Gasteiger partial charge in [0.2, 0.25) is 5.95 Å². The molecule has 0 aromatic carbocycles. The zero-order valence-electron chi connectivity index (χ0n) is 10.9. The molecular formula is C13H21IN4. The Hall–Kier alpha value is -0.430. The molecule has 0 aliphatic carbocycles. The Labute approximate surface area is 123 Å². The fraction of sp³-hybridized carbons (Fsp3) is 0.692. The van der Waals surface area contributed by atoms with Crippen LogP contribution in [0.5, 0.6) is 0 Å². The van der Waals surface area contributed by atoms with Crippen molar-refractivity contribution in [2.24, 2.45) is 0 Å². The first-order valence-corrected chi connectivity index (χ1v) is 7.83. The molecule has 0 saturated carbocycles. The van der Waals surface area contributed by atoms with Crippen LogP contribution in [0.4, 0.5) is 5.95 Å². The summed E-state index contributed by atoms with van der Waals surface area (Å²) in [7, 11) is 0. The van der Waals surface area contributed by atoms with Crippen LogP contribution in [0, 0.1) is 3.57 Å². The lowest BCUT2D eigenvalue weighted by molar-refractivity contribution is 0.565. The molecule has 0 spiro atoms. The lowest BCUT2D eigenvalue weighted by Crippen LogP contribution is -2.39. The van der Waals surface area contributed by atoms with E-state index in [1.807, 2.05) is 12.4 Å². The van der Waals surface area contributed by atoms with Crippen LogP contribution in [-0.2, 0) is 0 Å². The number of nitrogens with zero attached hydrogens (tertiary/aromatic N) is 3. The van der Waals surface area contributed by atoms with Crippen molar-refractivity contribution in [3.63, 3.8) is 0 Å². The summed E-state index contributed by atoms with van der Waals surface area (Å²) in [6.07, 6.45) is 8.75. The lowest BCUT2D eigenvalue weighted by atomic mass is 10.2. The second-order valence-corrected chi connectivity index (χ2v) is 6.04. The third-order valence-corrected chi connectivity index (χ3v) is 3.83. The maximum absolute atomic E-state index is 4.45. The van der Waals surface area contributed by atoms with Crippen LogP contribution in [0.25, 0.3) is 0 Å². The van der Waals surface area contributed by atoms with E-state index in [0.717, 1.165) is 29.2 Å². The van der Waals surface area contributed by atoms with E-state index >= 15 is 0 Å². The van der Waals surface area contributed by atoms with Gasteiger partial charge in [0.25, 0.3) is 0 Å². The summed E-state index contributed by atoms with van der Waals surface area (Å²) in [6.45, 7) is 5.45. The number of hydrogen-bond acceptors (Lipinski definition) is 4. The molecular weight excluding hydrogens is 339 g/mol. The fourth-order valence-electron chi connectivity index (χ4n) is 2.27. The number of rotatable bonds is 6. The Morgan fingerprint density at radius 3 is 2.83 bits per heavy atom. The summed E-state index contributed by atoms with van der Waals surface area (Å²) in [5.74, 6) is 0.873. The minimum absolute atomic E-state index is 0.602. The normalized spacial score (nSPS) is 19.1. The molecule has 18 heavy (non-hydrogen) atoms. The third kappa shape index (κ3) is 4.05. The molecule has 5 heteroatoms. The first kappa shape index (κ1) is 14.0. The van der Waals surface area contributed by atoms with Crippen molar-refractivity contribution in [1.29, 1.82) is 0 Å². The van der Waals surface area contributed by atoms with Crippen LogP contribution in [0.3, 0.4) is 0 Å². The zero-order chi connectivity index (χ0) is 12.8. The highest BCUT2D eigenvalue weighted by Gasteiger charge is 2.19. The molecule has 0 amide bonds. The van der Waals surface area contributed by atoms with Crippen LogP contribution in [-0.4, -0.2) is 35.6 Å². The molecule has 2 heterocycles. The smallest absolute Gasteiger partial charge is 0.225 e. The Morgan fingerprint density at radius 1 is 1.44 bits per heavy atom. The van der Waals surface area contributed by atoms with Gasteiger partial charge in [0, 0.05) is 35.1 Å². The van der Waals surface area contributed by atoms with E-state index in [2.05, 4.69) is 49.7 Å². The average Bonchev–Trinajstić information content (AvgIpc) is 2.88. The molecule has 1 N–H and O–H groups in total. The molecule has 1 atom stereocenters. The minimum Gasteiger partial charge on any atom is -0.339 e. The first-order chi connectivity index (χ1) is 8.79. The van der Waals surface area contributed by atoms with E-state index in [1.165, 1.54) is 25.7 Å². The highest BCUT2D eigenvalue weighted by Crippen LogP contribution is 2.13. The van der Waals surface area contributed by atoms with E-state index < -0.39 is 0 Å². The molecule has 0 bridgehead atoms. The van der Waals surface area contributed by atoms with Gasteiger partial charge in [-0.15, -0.1) is 0 Å². The van der Waals surface area contributed by atoms with Crippen molar-refractivity contribution >= 4 is 28.5 Å². The monoisotopic (exact) mass is 360 g/mol. The number of nitrogens with one attached hydrogen (secondary N) is 1. The maximum Gasteiger partial charge on any atom is 0.225 e. The van der Waals surface area contributed by atoms with Crippen LogP contribution < -0.4 is 10.2 Å². The molecule has 1 aliphatic rings. The van der Waals surface area contributed by atoms with Crippen molar-refractivity contribution in [3.8, 4) is 0 Å². The van der Waals surface area contributed by atoms with Gasteiger partial charge in [-0.25, -0.2) is 9.97 Å². The van der Waals surface area contributed by atoms with Crippen LogP contribution >= 0.6 is 22.6 Å². The fourth-order valence-corrected chi connectivity index (χ4v) is 2.55. The Bertz CT molecular complexity index is 349. The predicted molar refractivity (Wildman–Crippen MR) is 82.9 cm³/mol. The van der Waals surface area contributed by atoms with Gasteiger partial charge in [-0.2, -0.15) is 0 Å². The standard InChI is InChI=1S/C13H21IN4/c1-2-3-7-18(10-12-5-4-6-15-12)13-16-8-11(14)9-17-13/h8-9,12,15H,2-7,10H2,1H3. The number of unbranched alkanes of at least 4 members (excludes halogenated alkanes) is 1. The minimum atomic E-state index is 0.602. The van der Waals surface area contributed by atoms with Crippen LogP contribution in [0.1, 0.15) is 32.6 Å². The topological polar surface area (TPSA) is 41.0 Å². The van der Waals surface area contributed by atoms with Crippen molar-refractivity contribution in [2.45, 2.75) is 38.6 Å². The molecule has 1 fully saturated rings. The van der Waals surface area contributed by atoms with E-state index in [1.54, 1.807) is 0 Å². The predicted octanol–water partition coefficient (Wildman–Crippen LogP) is 2.44. The second-order valence-electron chi connectivity index (χ2n) is 4.79. The van der Waals surface area contributed by atoms with Gasteiger partial charge in [0.15, 0.2) is 0 Å². The molecule has 0 radical (unpaired) electrons. The van der Waals surface area contributed by atoms with Gasteiger partial charge in [-0.05, 0) is 48.4 Å². The summed E-state index contributed by atoms with van der Waals surface area (Å²) in [5.41, 5.74) is 0. The molecule has 1 aromatic rings. The molecule has 4 nitrogen and oxygen atoms in total. The summed E-state index contributed by atoms with van der Waals surface area (Å²) >= 11 is 2.24. The van der Waals surface area contributed by atoms with Gasteiger partial charge in [-0.3, -0.25) is 0 Å². The lowest BCUT2D eigenvalue weighted by Gasteiger charge is -2.25. The number of hydrogen-bond donors (Lipinski definition) is 1. The number of aromatic nitrogens is 2. The average molecular weight is 360 g/mol. The molecule has 100 valence electrons. The van der Waals surface area contributed by atoms with Gasteiger partial charge < -0.3 is 10.2 Å². The maximum atomic E-state index is 4.45. The summed E-state index contributed by atoms with van der Waals surface area (Å²) in [6, 6.07) is 0.602. The van der Waals surface area contributed by atoms with E-state index in [4.69, 9.17) is 0 Å². The number of anilines is 1. The molecule has 2 rings (SSSR count). The SMILES string of the molecule is CCCCN(CC1CCCN1)c1ncc(I)cn1. The molecule has 1 saturated heterocycles. The van der Waals surface area contributed by atoms with Gasteiger partial charge >= 0.3 is 0 Å². The quantitative estimate of drug-likeness (QED) is 0.792. The van der Waals surface area contributed by atoms with Crippen molar-refractivity contribution < 1.29 is 0 Å². The third-order valence-electron chi connectivity index (χ3n) is 3.27. The summed E-state index contributed by atoms with van der Waals surface area (Å²) < 4.78 is 1.09. The van der Waals surface area contributed by atoms with Crippen molar-refractivity contribution in [2.75, 3.05) is 24.5 Å². The van der Waals surface area contributed by atoms with E-state index in [9.17, 15) is 0 Å².